The highest BCUT2D eigenvalue weighted by Gasteiger charge is 2.22. The van der Waals surface area contributed by atoms with Gasteiger partial charge in [0.05, 0.1) is 23.3 Å². The number of benzene rings is 1. The molecule has 6 nitrogen and oxygen atoms in total. The Morgan fingerprint density at radius 3 is 2.58 bits per heavy atom. The number of nitrogens with one attached hydrogen (secondary N) is 1. The van der Waals surface area contributed by atoms with Crippen LogP contribution in [0.15, 0.2) is 18.2 Å². The summed E-state index contributed by atoms with van der Waals surface area (Å²) in [6.45, 7) is 3.54. The summed E-state index contributed by atoms with van der Waals surface area (Å²) in [6.07, 6.45) is 0.118. The van der Waals surface area contributed by atoms with E-state index in [-0.39, 0.29) is 23.6 Å². The highest BCUT2D eigenvalue weighted by molar-refractivity contribution is 6.01. The summed E-state index contributed by atoms with van der Waals surface area (Å²) in [7, 11) is 1.51. The average Bonchev–Trinajstić information content (AvgIpc) is 2.30. The number of nitrogens with two attached hydrogens (primary N) is 1. The molecule has 0 atom stereocenters. The molecule has 0 spiro atoms. The van der Waals surface area contributed by atoms with Gasteiger partial charge in [-0.25, -0.2) is 4.79 Å². The molecule has 0 radical (unpaired) electrons. The second kappa shape index (κ2) is 5.71. The lowest BCUT2D eigenvalue weighted by Gasteiger charge is -2.22. The number of rotatable bonds is 5. The van der Waals surface area contributed by atoms with Crippen molar-refractivity contribution < 1.29 is 19.4 Å². The molecular weight excluding hydrogens is 248 g/mol. The average molecular weight is 266 g/mol. The summed E-state index contributed by atoms with van der Waals surface area (Å²) in [6, 6.07) is 4.30. The van der Waals surface area contributed by atoms with Gasteiger partial charge in [0.25, 0.3) is 0 Å². The molecule has 6 heteroatoms. The lowest BCUT2D eigenvalue weighted by atomic mass is 10.0. The Bertz CT molecular complexity index is 497. The Morgan fingerprint density at radius 2 is 2.05 bits per heavy atom. The number of nitrogen functional groups attached to an aromatic ring is 1. The van der Waals surface area contributed by atoms with E-state index in [1.807, 2.05) is 0 Å². The fourth-order valence-electron chi connectivity index (χ4n) is 1.50. The summed E-state index contributed by atoms with van der Waals surface area (Å²) in [5, 5.41) is 11.6. The molecule has 1 rings (SSSR count). The maximum Gasteiger partial charge on any atom is 0.337 e. The molecule has 0 aliphatic carbocycles. The third-order valence-corrected chi connectivity index (χ3v) is 2.69. The molecule has 0 aromatic heterocycles. The standard InChI is InChI=1S/C13H18N2O4/c1-13(2,19-3)7-11(16)15-10-5-4-8(14)6-9(10)12(17)18/h4-6H,7,14H2,1-3H3,(H,15,16)(H,17,18). The van der Waals surface area contributed by atoms with Crippen molar-refractivity contribution in [2.45, 2.75) is 25.9 Å². The Balaban J connectivity index is 2.88. The zero-order valence-corrected chi connectivity index (χ0v) is 11.2. The molecule has 0 bridgehead atoms. The number of hydrogen-bond donors (Lipinski definition) is 3. The first kappa shape index (κ1) is 15.0. The highest BCUT2D eigenvalue weighted by atomic mass is 16.5. The normalized spacial score (nSPS) is 11.1. The van der Waals surface area contributed by atoms with Gasteiger partial charge < -0.3 is 20.9 Å². The predicted octanol–water partition coefficient (Wildman–Crippen LogP) is 1.72. The molecule has 4 N–H and O–H groups in total. The third kappa shape index (κ3) is 4.26. The van der Waals surface area contributed by atoms with Crippen LogP contribution in [0.5, 0.6) is 0 Å². The van der Waals surface area contributed by atoms with Gasteiger partial charge in [-0.05, 0) is 32.0 Å². The van der Waals surface area contributed by atoms with Crippen molar-refractivity contribution in [3.05, 3.63) is 23.8 Å². The molecule has 0 saturated heterocycles. The Hall–Kier alpha value is -2.08. The van der Waals surface area contributed by atoms with E-state index in [4.69, 9.17) is 15.6 Å². The first-order valence-corrected chi connectivity index (χ1v) is 5.73. The van der Waals surface area contributed by atoms with Gasteiger partial charge in [0, 0.05) is 12.8 Å². The number of carbonyl (C=O) groups is 2. The minimum absolute atomic E-state index is 0.0384. The summed E-state index contributed by atoms with van der Waals surface area (Å²) >= 11 is 0. The van der Waals surface area contributed by atoms with E-state index in [1.54, 1.807) is 13.8 Å². The fourth-order valence-corrected chi connectivity index (χ4v) is 1.50. The molecule has 0 aliphatic heterocycles. The molecule has 0 saturated carbocycles. The molecule has 19 heavy (non-hydrogen) atoms. The van der Waals surface area contributed by atoms with Crippen LogP contribution in [0, 0.1) is 0 Å². The van der Waals surface area contributed by atoms with E-state index in [9.17, 15) is 9.59 Å². The SMILES string of the molecule is COC(C)(C)CC(=O)Nc1ccc(N)cc1C(=O)O. The largest absolute Gasteiger partial charge is 0.478 e. The van der Waals surface area contributed by atoms with E-state index in [1.165, 1.54) is 25.3 Å². The summed E-state index contributed by atoms with van der Waals surface area (Å²) in [5.74, 6) is -1.47. The van der Waals surface area contributed by atoms with Gasteiger partial charge in [-0.3, -0.25) is 4.79 Å². The molecule has 104 valence electrons. The van der Waals surface area contributed by atoms with Gasteiger partial charge in [0.2, 0.25) is 5.91 Å². The number of carboxylic acids is 1. The first-order chi connectivity index (χ1) is 8.75. The summed E-state index contributed by atoms with van der Waals surface area (Å²) in [4.78, 5) is 22.9. The molecule has 1 amide bonds. The van der Waals surface area contributed by atoms with Gasteiger partial charge in [-0.15, -0.1) is 0 Å². The van der Waals surface area contributed by atoms with Crippen LogP contribution in [0.2, 0.25) is 0 Å². The van der Waals surface area contributed by atoms with Crippen molar-refractivity contribution >= 4 is 23.3 Å². The number of anilines is 2. The smallest absolute Gasteiger partial charge is 0.337 e. The summed E-state index contributed by atoms with van der Waals surface area (Å²) in [5.41, 5.74) is 5.42. The number of aromatic carboxylic acids is 1. The zero-order valence-electron chi connectivity index (χ0n) is 11.2. The first-order valence-electron chi connectivity index (χ1n) is 5.73. The number of carboxylic acid groups (broad SMARTS) is 1. The molecule has 1 aromatic carbocycles. The van der Waals surface area contributed by atoms with Crippen LogP contribution in [0.25, 0.3) is 0 Å². The minimum atomic E-state index is -1.14. The van der Waals surface area contributed by atoms with Crippen molar-refractivity contribution in [1.82, 2.24) is 0 Å². The fraction of sp³-hybridized carbons (Fsp3) is 0.385. The van der Waals surface area contributed by atoms with Gasteiger partial charge in [-0.1, -0.05) is 0 Å². The van der Waals surface area contributed by atoms with E-state index in [0.29, 0.717) is 5.69 Å². The molecule has 0 unspecified atom stereocenters. The minimum Gasteiger partial charge on any atom is -0.478 e. The van der Waals surface area contributed by atoms with E-state index in [0.717, 1.165) is 0 Å². The van der Waals surface area contributed by atoms with Crippen molar-refractivity contribution in [1.29, 1.82) is 0 Å². The molecule has 1 aromatic rings. The van der Waals surface area contributed by atoms with Crippen molar-refractivity contribution in [3.8, 4) is 0 Å². The van der Waals surface area contributed by atoms with Gasteiger partial charge in [0.1, 0.15) is 0 Å². The lowest BCUT2D eigenvalue weighted by Crippen LogP contribution is -2.29. The molecule has 0 heterocycles. The quantitative estimate of drug-likeness (QED) is 0.704. The third-order valence-electron chi connectivity index (χ3n) is 2.69. The molecular formula is C13H18N2O4. The van der Waals surface area contributed by atoms with Gasteiger partial charge >= 0.3 is 5.97 Å². The van der Waals surface area contributed by atoms with Crippen LogP contribution in [0.4, 0.5) is 11.4 Å². The number of carbonyl (C=O) groups excluding carboxylic acids is 1. The van der Waals surface area contributed by atoms with Crippen LogP contribution >= 0.6 is 0 Å². The maximum absolute atomic E-state index is 11.8. The Labute approximate surface area is 111 Å². The highest BCUT2D eigenvalue weighted by Crippen LogP contribution is 2.21. The van der Waals surface area contributed by atoms with E-state index >= 15 is 0 Å². The van der Waals surface area contributed by atoms with Gasteiger partial charge in [-0.2, -0.15) is 0 Å². The van der Waals surface area contributed by atoms with Gasteiger partial charge in [0.15, 0.2) is 0 Å². The van der Waals surface area contributed by atoms with Crippen LogP contribution in [0.1, 0.15) is 30.6 Å². The van der Waals surface area contributed by atoms with Crippen LogP contribution < -0.4 is 11.1 Å². The number of amides is 1. The van der Waals surface area contributed by atoms with Crippen molar-refractivity contribution in [2.24, 2.45) is 0 Å². The monoisotopic (exact) mass is 266 g/mol. The summed E-state index contributed by atoms with van der Waals surface area (Å²) < 4.78 is 5.15. The number of hydrogen-bond acceptors (Lipinski definition) is 4. The lowest BCUT2D eigenvalue weighted by molar-refractivity contribution is -0.121. The van der Waals surface area contributed by atoms with Crippen LogP contribution in [-0.2, 0) is 9.53 Å². The maximum atomic E-state index is 11.8. The second-order valence-electron chi connectivity index (χ2n) is 4.80. The topological polar surface area (TPSA) is 102 Å². The molecule has 0 fully saturated rings. The van der Waals surface area contributed by atoms with Crippen LogP contribution in [0.3, 0.4) is 0 Å². The number of methoxy groups -OCH3 is 1. The predicted molar refractivity (Wildman–Crippen MR) is 72.1 cm³/mol. The number of ether oxygens (including phenoxy) is 1. The van der Waals surface area contributed by atoms with E-state index < -0.39 is 11.6 Å². The van der Waals surface area contributed by atoms with Crippen LogP contribution in [-0.4, -0.2) is 29.7 Å². The Morgan fingerprint density at radius 1 is 1.42 bits per heavy atom. The van der Waals surface area contributed by atoms with Crippen molar-refractivity contribution in [2.75, 3.05) is 18.2 Å². The Kier molecular flexibility index (Phi) is 4.50. The second-order valence-corrected chi connectivity index (χ2v) is 4.80. The zero-order chi connectivity index (χ0) is 14.6. The van der Waals surface area contributed by atoms with E-state index in [2.05, 4.69) is 5.32 Å². The molecule has 0 aliphatic rings. The van der Waals surface area contributed by atoms with Crippen molar-refractivity contribution in [3.63, 3.8) is 0 Å².